The van der Waals surface area contributed by atoms with Crippen molar-refractivity contribution in [2.75, 3.05) is 5.73 Å². The Morgan fingerprint density at radius 2 is 1.90 bits per heavy atom. The molecule has 1 aliphatic heterocycles. The number of hydrazine groups is 1. The normalized spacial score (nSPS) is 24.8. The Balaban J connectivity index is 2.28. The van der Waals surface area contributed by atoms with Gasteiger partial charge in [-0.05, 0) is 44.9 Å². The van der Waals surface area contributed by atoms with E-state index in [-0.39, 0.29) is 22.0 Å². The molecule has 1 aromatic carbocycles. The molecule has 1 aliphatic rings. The second-order valence-electron chi connectivity index (χ2n) is 5.32. The van der Waals surface area contributed by atoms with Gasteiger partial charge in [-0.1, -0.05) is 18.0 Å². The van der Waals surface area contributed by atoms with Crippen LogP contribution in [0, 0.1) is 0 Å². The first kappa shape index (κ1) is 15.6. The van der Waals surface area contributed by atoms with E-state index in [2.05, 4.69) is 4.83 Å². The fourth-order valence-corrected chi connectivity index (χ4v) is 4.29. The summed E-state index contributed by atoms with van der Waals surface area (Å²) in [7, 11) is -3.71. The smallest absolute Gasteiger partial charge is 0.255 e. The third kappa shape index (κ3) is 3.25. The summed E-state index contributed by atoms with van der Waals surface area (Å²) in [5.41, 5.74) is 6.02. The van der Waals surface area contributed by atoms with Gasteiger partial charge in [0.2, 0.25) is 0 Å². The minimum Gasteiger partial charge on any atom is -0.399 e. The highest BCUT2D eigenvalue weighted by molar-refractivity contribution is 7.89. The van der Waals surface area contributed by atoms with Gasteiger partial charge in [-0.15, -0.1) is 4.83 Å². The van der Waals surface area contributed by atoms with E-state index in [1.807, 2.05) is 13.8 Å². The summed E-state index contributed by atoms with van der Waals surface area (Å²) in [6.07, 6.45) is 3.05. The number of nitrogens with one attached hydrogen (secondary N) is 1. The number of hydrogen-bond donors (Lipinski definition) is 2. The summed E-state index contributed by atoms with van der Waals surface area (Å²) in [6, 6.07) is 4.77. The van der Waals surface area contributed by atoms with Crippen molar-refractivity contribution in [3.8, 4) is 0 Å². The molecule has 2 rings (SSSR count). The maximum atomic E-state index is 12.5. The summed E-state index contributed by atoms with van der Waals surface area (Å²) in [5.74, 6) is 0. The van der Waals surface area contributed by atoms with Gasteiger partial charge in [-0.3, -0.25) is 0 Å². The Kier molecular flexibility index (Phi) is 4.59. The van der Waals surface area contributed by atoms with Crippen LogP contribution in [0.2, 0.25) is 5.02 Å². The van der Waals surface area contributed by atoms with E-state index in [1.54, 1.807) is 11.1 Å². The molecular formula is C13H20ClN3O2S. The first-order valence-electron chi connectivity index (χ1n) is 6.67. The number of hydrogen-bond acceptors (Lipinski definition) is 4. The Morgan fingerprint density at radius 1 is 1.30 bits per heavy atom. The van der Waals surface area contributed by atoms with Crippen LogP contribution in [-0.2, 0) is 10.0 Å². The van der Waals surface area contributed by atoms with Crippen LogP contribution >= 0.6 is 11.6 Å². The van der Waals surface area contributed by atoms with Gasteiger partial charge in [-0.25, -0.2) is 13.4 Å². The molecule has 0 aliphatic carbocycles. The van der Waals surface area contributed by atoms with E-state index in [4.69, 9.17) is 17.3 Å². The van der Waals surface area contributed by atoms with E-state index in [0.717, 1.165) is 19.3 Å². The van der Waals surface area contributed by atoms with E-state index >= 15 is 0 Å². The summed E-state index contributed by atoms with van der Waals surface area (Å²) < 4.78 is 24.9. The zero-order valence-electron chi connectivity index (χ0n) is 11.6. The molecule has 0 spiro atoms. The van der Waals surface area contributed by atoms with Gasteiger partial charge in [0.1, 0.15) is 4.90 Å². The third-order valence-electron chi connectivity index (χ3n) is 3.66. The summed E-state index contributed by atoms with van der Waals surface area (Å²) in [6.45, 7) is 4.03. The van der Waals surface area contributed by atoms with Gasteiger partial charge < -0.3 is 5.73 Å². The average Bonchev–Trinajstić information content (AvgIpc) is 2.37. The van der Waals surface area contributed by atoms with E-state index in [9.17, 15) is 8.42 Å². The minimum absolute atomic E-state index is 0.0177. The number of rotatable bonds is 3. The molecule has 1 saturated heterocycles. The zero-order chi connectivity index (χ0) is 14.9. The number of benzene rings is 1. The second kappa shape index (κ2) is 5.89. The molecule has 20 heavy (non-hydrogen) atoms. The van der Waals surface area contributed by atoms with Gasteiger partial charge in [0.15, 0.2) is 0 Å². The zero-order valence-corrected chi connectivity index (χ0v) is 13.2. The highest BCUT2D eigenvalue weighted by atomic mass is 35.5. The quantitative estimate of drug-likeness (QED) is 0.839. The Morgan fingerprint density at radius 3 is 2.50 bits per heavy atom. The maximum absolute atomic E-state index is 12.5. The molecule has 1 aromatic rings. The van der Waals surface area contributed by atoms with Gasteiger partial charge >= 0.3 is 0 Å². The molecule has 1 heterocycles. The molecule has 3 N–H and O–H groups in total. The molecule has 0 radical (unpaired) electrons. The maximum Gasteiger partial charge on any atom is 0.255 e. The van der Waals surface area contributed by atoms with E-state index in [1.165, 1.54) is 12.1 Å². The topological polar surface area (TPSA) is 75.4 Å². The predicted octanol–water partition coefficient (Wildman–Crippen LogP) is 2.38. The fraction of sp³-hybridized carbons (Fsp3) is 0.538. The number of nitrogens with two attached hydrogens (primary N) is 1. The lowest BCUT2D eigenvalue weighted by atomic mass is 10.0. The van der Waals surface area contributed by atoms with Crippen LogP contribution in [0.5, 0.6) is 0 Å². The van der Waals surface area contributed by atoms with Crippen LogP contribution in [0.15, 0.2) is 23.1 Å². The fourth-order valence-electron chi connectivity index (χ4n) is 2.52. The molecule has 5 nitrogen and oxygen atoms in total. The summed E-state index contributed by atoms with van der Waals surface area (Å²) in [4.78, 5) is 2.66. The number of halogens is 1. The largest absolute Gasteiger partial charge is 0.399 e. The Bertz CT molecular complexity index is 581. The van der Waals surface area contributed by atoms with Crippen molar-refractivity contribution in [2.45, 2.75) is 50.1 Å². The molecule has 0 amide bonds. The molecule has 0 saturated carbocycles. The van der Waals surface area contributed by atoms with Crippen molar-refractivity contribution in [1.82, 2.24) is 9.84 Å². The monoisotopic (exact) mass is 317 g/mol. The van der Waals surface area contributed by atoms with Crippen molar-refractivity contribution in [1.29, 1.82) is 0 Å². The van der Waals surface area contributed by atoms with Gasteiger partial charge in [0.05, 0.1) is 5.02 Å². The lowest BCUT2D eigenvalue weighted by molar-refractivity contribution is 0.0790. The molecule has 0 aromatic heterocycles. The lowest BCUT2D eigenvalue weighted by Gasteiger charge is -2.38. The SMILES string of the molecule is CC1CCCC(C)N1NS(=O)(=O)c1cc(N)ccc1Cl. The first-order chi connectivity index (χ1) is 9.31. The average molecular weight is 318 g/mol. The summed E-state index contributed by atoms with van der Waals surface area (Å²) in [5, 5.41) is 1.96. The third-order valence-corrected chi connectivity index (χ3v) is 5.47. The van der Waals surface area contributed by atoms with Gasteiger partial charge in [0, 0.05) is 17.8 Å². The van der Waals surface area contributed by atoms with Crippen molar-refractivity contribution in [3.63, 3.8) is 0 Å². The second-order valence-corrected chi connectivity index (χ2v) is 7.36. The van der Waals surface area contributed by atoms with Crippen LogP contribution in [0.25, 0.3) is 0 Å². The standard InChI is InChI=1S/C13H20ClN3O2S/c1-9-4-3-5-10(2)17(9)16-20(18,19)13-8-11(15)6-7-12(13)14/h6-10,16H,3-5,15H2,1-2H3. The number of nitrogen functional groups attached to an aromatic ring is 1. The highest BCUT2D eigenvalue weighted by Crippen LogP contribution is 2.26. The van der Waals surface area contributed by atoms with Gasteiger partial charge in [-0.2, -0.15) is 0 Å². The number of anilines is 1. The number of piperidine rings is 1. The van der Waals surface area contributed by atoms with Gasteiger partial charge in [0.25, 0.3) is 10.0 Å². The van der Waals surface area contributed by atoms with Crippen molar-refractivity contribution >= 4 is 27.3 Å². The highest BCUT2D eigenvalue weighted by Gasteiger charge is 2.30. The van der Waals surface area contributed by atoms with Crippen molar-refractivity contribution in [3.05, 3.63) is 23.2 Å². The molecule has 0 bridgehead atoms. The Labute approximate surface area is 125 Å². The van der Waals surface area contributed by atoms with Crippen molar-refractivity contribution < 1.29 is 8.42 Å². The van der Waals surface area contributed by atoms with Crippen LogP contribution in [0.4, 0.5) is 5.69 Å². The molecule has 2 atom stereocenters. The molecule has 2 unspecified atom stereocenters. The van der Waals surface area contributed by atoms with E-state index < -0.39 is 10.0 Å². The first-order valence-corrected chi connectivity index (χ1v) is 8.53. The molecular weight excluding hydrogens is 298 g/mol. The number of sulfonamides is 1. The lowest BCUT2D eigenvalue weighted by Crippen LogP contribution is -2.53. The Hall–Kier alpha value is -0.820. The van der Waals surface area contributed by atoms with Crippen LogP contribution in [0.1, 0.15) is 33.1 Å². The molecule has 112 valence electrons. The van der Waals surface area contributed by atoms with E-state index in [0.29, 0.717) is 5.69 Å². The van der Waals surface area contributed by atoms with Crippen LogP contribution < -0.4 is 10.6 Å². The van der Waals surface area contributed by atoms with Crippen LogP contribution in [-0.4, -0.2) is 25.5 Å². The number of nitrogens with zero attached hydrogens (tertiary/aromatic N) is 1. The van der Waals surface area contributed by atoms with Crippen molar-refractivity contribution in [2.24, 2.45) is 0 Å². The molecule has 1 fully saturated rings. The minimum atomic E-state index is -3.71. The predicted molar refractivity (Wildman–Crippen MR) is 80.8 cm³/mol. The van der Waals surface area contributed by atoms with Crippen LogP contribution in [0.3, 0.4) is 0 Å². The summed E-state index contributed by atoms with van der Waals surface area (Å²) >= 11 is 5.98. The molecule has 7 heteroatoms.